The first kappa shape index (κ1) is 48.1. The molecule has 5 aromatic carbocycles. The molecular formula is C50H63N7O7+2. The van der Waals surface area contributed by atoms with Crippen LogP contribution >= 0.6 is 0 Å². The topological polar surface area (TPSA) is 226 Å². The third kappa shape index (κ3) is 14.0. The molecule has 0 radical (unpaired) electrons. The molecule has 11 N–H and O–H groups in total. The Labute approximate surface area is 375 Å². The molecule has 0 saturated heterocycles. The second-order valence-electron chi connectivity index (χ2n) is 16.0. The van der Waals surface area contributed by atoms with E-state index >= 15 is 0 Å². The molecule has 0 saturated carbocycles. The Morgan fingerprint density at radius 3 is 1.86 bits per heavy atom. The summed E-state index contributed by atoms with van der Waals surface area (Å²) in [6.07, 6.45) is 3.70. The van der Waals surface area contributed by atoms with Gasteiger partial charge in [-0.05, 0) is 83.7 Å². The zero-order valence-electron chi connectivity index (χ0n) is 36.9. The second-order valence-corrected chi connectivity index (χ2v) is 16.0. The van der Waals surface area contributed by atoms with Crippen molar-refractivity contribution < 1.29 is 44.1 Å². The van der Waals surface area contributed by atoms with Gasteiger partial charge >= 0.3 is 11.9 Å². The van der Waals surface area contributed by atoms with Crippen molar-refractivity contribution in [1.82, 2.24) is 16.0 Å². The molecule has 0 fully saturated rings. The van der Waals surface area contributed by atoms with Gasteiger partial charge in [0, 0.05) is 11.1 Å². The Balaban J connectivity index is 1.36. The van der Waals surface area contributed by atoms with E-state index in [1.807, 2.05) is 103 Å². The van der Waals surface area contributed by atoms with Crippen LogP contribution in [0.1, 0.15) is 57.9 Å². The third-order valence-electron chi connectivity index (χ3n) is 10.5. The van der Waals surface area contributed by atoms with E-state index in [0.29, 0.717) is 50.5 Å². The highest BCUT2D eigenvalue weighted by atomic mass is 16.5. The van der Waals surface area contributed by atoms with Crippen molar-refractivity contribution in [3.63, 3.8) is 0 Å². The summed E-state index contributed by atoms with van der Waals surface area (Å²) in [5, 5.41) is 12.3. The molecular weight excluding hydrogens is 811 g/mol. The number of ether oxygens (including phenoxy) is 3. The number of nitrogens with two attached hydrogens (primary N) is 2. The molecule has 14 nitrogen and oxygen atoms in total. The largest absolute Gasteiger partial charge is 0.493 e. The number of rotatable bonds is 25. The molecule has 0 heterocycles. The van der Waals surface area contributed by atoms with E-state index in [1.165, 1.54) is 6.08 Å². The highest BCUT2D eigenvalue weighted by Crippen LogP contribution is 2.45. The number of carbonyl (C=O) groups is 4. The van der Waals surface area contributed by atoms with Crippen LogP contribution < -0.4 is 47.6 Å². The van der Waals surface area contributed by atoms with Crippen molar-refractivity contribution >= 4 is 51.2 Å². The van der Waals surface area contributed by atoms with Crippen LogP contribution in [0.5, 0.6) is 11.5 Å². The Hall–Kier alpha value is -6.93. The quantitative estimate of drug-likeness (QED) is 0.0150. The van der Waals surface area contributed by atoms with Crippen LogP contribution in [0.3, 0.4) is 0 Å². The zero-order valence-corrected chi connectivity index (χ0v) is 36.9. The van der Waals surface area contributed by atoms with Gasteiger partial charge in [-0.1, -0.05) is 111 Å². The molecule has 0 aliphatic heterocycles. The maximum Gasteiger partial charge on any atom is 0.338 e. The maximum absolute atomic E-state index is 14.1. The van der Waals surface area contributed by atoms with E-state index in [2.05, 4.69) is 47.1 Å². The Morgan fingerprint density at radius 2 is 1.27 bits per heavy atom. The number of hydrogen-bond donors (Lipinski definition) is 7. The molecule has 0 aliphatic carbocycles. The molecule has 5 aromatic rings. The molecule has 3 amide bonds. The van der Waals surface area contributed by atoms with E-state index < -0.39 is 48.4 Å². The normalized spacial score (nSPS) is 12.4. The summed E-state index contributed by atoms with van der Waals surface area (Å²) in [6.45, 7) is 9.00. The standard InChI is InChI=1S/C50H61N7O7/c1-4-15-41(49(61)64-31-34-16-6-5-7-17-34)57-48(60)40(23-14-29-54-50(52)53)56-47(59)39(22-12-13-28-51)55-44(58)32-63-43-27-25-36-19-9-11-21-38(36)46(43)45-37-20-10-8-18-35(37)24-26-42(45)62-30-33(2)3/h4-11,16-21,24-27,33,39-41H,1,12-15,22-23,28-32,51H2,2-3H3,(H,55,58)(H,56,59)(H,57,60)(H4,52,53,54)/p+2/t39-,40-,41+/m1/s1. The highest BCUT2D eigenvalue weighted by molar-refractivity contribution is 6.10. The Kier molecular flexibility index (Phi) is 18.5. The number of amides is 3. The van der Waals surface area contributed by atoms with Crippen LogP contribution in [0.4, 0.5) is 0 Å². The van der Waals surface area contributed by atoms with Gasteiger partial charge < -0.3 is 35.9 Å². The minimum Gasteiger partial charge on any atom is -0.493 e. The van der Waals surface area contributed by atoms with Crippen molar-refractivity contribution in [2.24, 2.45) is 17.4 Å². The van der Waals surface area contributed by atoms with E-state index in [4.69, 9.17) is 25.7 Å². The van der Waals surface area contributed by atoms with Crippen molar-refractivity contribution in [3.05, 3.63) is 121 Å². The van der Waals surface area contributed by atoms with Crippen molar-refractivity contribution in [3.8, 4) is 22.6 Å². The summed E-state index contributed by atoms with van der Waals surface area (Å²) in [5.74, 6) is -0.909. The number of quaternary nitrogens is 1. The van der Waals surface area contributed by atoms with Gasteiger partial charge in [0.2, 0.25) is 11.8 Å². The van der Waals surface area contributed by atoms with Crippen LogP contribution in [0.2, 0.25) is 0 Å². The molecule has 64 heavy (non-hydrogen) atoms. The van der Waals surface area contributed by atoms with Crippen molar-refractivity contribution in [2.75, 3.05) is 26.3 Å². The van der Waals surface area contributed by atoms with Crippen LogP contribution in [-0.4, -0.2) is 74.1 Å². The van der Waals surface area contributed by atoms with E-state index in [-0.39, 0.29) is 37.7 Å². The monoisotopic (exact) mass is 873 g/mol. The van der Waals surface area contributed by atoms with Crippen molar-refractivity contribution in [2.45, 2.75) is 77.1 Å². The van der Waals surface area contributed by atoms with E-state index in [1.54, 1.807) is 0 Å². The fraction of sp³-hybridized carbons (Fsp3) is 0.340. The molecule has 0 unspecified atom stereocenters. The Bertz CT molecular complexity index is 2380. The minimum absolute atomic E-state index is 0.0143. The summed E-state index contributed by atoms with van der Waals surface area (Å²) >= 11 is 0. The van der Waals surface area contributed by atoms with Crippen LogP contribution in [0.15, 0.2) is 116 Å². The smallest absolute Gasteiger partial charge is 0.338 e. The molecule has 0 spiro atoms. The van der Waals surface area contributed by atoms with Crippen molar-refractivity contribution in [1.29, 1.82) is 0 Å². The molecule has 338 valence electrons. The van der Waals surface area contributed by atoms with Gasteiger partial charge in [-0.15, -0.1) is 6.58 Å². The summed E-state index contributed by atoms with van der Waals surface area (Å²) in [4.78, 5) is 57.9. The molecule has 0 bridgehead atoms. The van der Waals surface area contributed by atoms with Crippen LogP contribution in [-0.2, 0) is 30.5 Å². The number of hydrogen-bond acceptors (Lipinski definition) is 7. The molecule has 14 heteroatoms. The first-order valence-electron chi connectivity index (χ1n) is 21.9. The molecule has 5 rings (SSSR count). The summed E-state index contributed by atoms with van der Waals surface area (Å²) in [7, 11) is 0. The second kappa shape index (κ2) is 24.6. The average Bonchev–Trinajstić information content (AvgIpc) is 3.29. The lowest BCUT2D eigenvalue weighted by Crippen LogP contribution is -2.78. The van der Waals surface area contributed by atoms with Gasteiger partial charge in [0.25, 0.3) is 5.91 Å². The first-order valence-corrected chi connectivity index (χ1v) is 21.9. The fourth-order valence-corrected chi connectivity index (χ4v) is 7.25. The van der Waals surface area contributed by atoms with Gasteiger partial charge in [0.1, 0.15) is 36.2 Å². The van der Waals surface area contributed by atoms with Crippen LogP contribution in [0.25, 0.3) is 32.7 Å². The lowest BCUT2D eigenvalue weighted by molar-refractivity contribution is -0.459. The number of unbranched alkanes of at least 4 members (excludes halogenated alkanes) is 1. The lowest BCUT2D eigenvalue weighted by atomic mass is 9.92. The maximum atomic E-state index is 14.1. The average molecular weight is 874 g/mol. The molecule has 0 aromatic heterocycles. The summed E-state index contributed by atoms with van der Waals surface area (Å²) in [6, 6.07) is 29.8. The number of fused-ring (bicyclic) bond motifs is 2. The van der Waals surface area contributed by atoms with Gasteiger partial charge in [0.15, 0.2) is 6.61 Å². The van der Waals surface area contributed by atoms with E-state index in [9.17, 15) is 19.2 Å². The van der Waals surface area contributed by atoms with Gasteiger partial charge in [0.05, 0.1) is 19.7 Å². The lowest BCUT2D eigenvalue weighted by Gasteiger charge is -2.25. The zero-order chi connectivity index (χ0) is 45.8. The summed E-state index contributed by atoms with van der Waals surface area (Å²) < 4.78 is 18.3. The SMILES string of the molecule is C=CC[C@H](NC(=O)[C@@H](CCC[NH+]=C(N)N)NC(=O)[C@@H](CCCC[NH3+])NC(=O)COc1ccc2ccccc2c1-c1c(OCC(C)C)ccc2ccccc12)C(=O)OCc1ccccc1. The van der Waals surface area contributed by atoms with E-state index in [0.717, 1.165) is 38.2 Å². The number of carbonyl (C=O) groups excluding carboxylic acids is 4. The third-order valence-corrected chi connectivity index (χ3v) is 10.5. The van der Waals surface area contributed by atoms with Crippen LogP contribution in [0, 0.1) is 5.92 Å². The fourth-order valence-electron chi connectivity index (χ4n) is 7.25. The number of benzene rings is 5. The molecule has 3 atom stereocenters. The minimum atomic E-state index is -1.10. The van der Waals surface area contributed by atoms with Gasteiger partial charge in [-0.2, -0.15) is 0 Å². The number of esters is 1. The number of guanidine groups is 1. The molecule has 0 aliphatic rings. The Morgan fingerprint density at radius 1 is 0.703 bits per heavy atom. The predicted molar refractivity (Wildman–Crippen MR) is 250 cm³/mol. The highest BCUT2D eigenvalue weighted by Gasteiger charge is 2.30. The predicted octanol–water partition coefficient (Wildman–Crippen LogP) is 3.39. The first-order chi connectivity index (χ1) is 31.0. The number of nitrogens with one attached hydrogen (secondary N) is 4. The summed E-state index contributed by atoms with van der Waals surface area (Å²) in [5.41, 5.74) is 17.5. The van der Waals surface area contributed by atoms with Gasteiger partial charge in [-0.3, -0.25) is 30.8 Å². The van der Waals surface area contributed by atoms with Gasteiger partial charge in [-0.25, -0.2) is 4.79 Å².